The number of nitriles is 1. The molecule has 0 heterocycles. The van der Waals surface area contributed by atoms with Gasteiger partial charge in [0, 0.05) is 7.05 Å². The summed E-state index contributed by atoms with van der Waals surface area (Å²) >= 11 is 0. The standard InChI is InChI=1S/C11H11FN6O/c1-16-11(19)7-4-6(12)2-3-8(7)17-18-9(5-13)10(14)15/h2-4,17H,1H3,(H3,14,15)(H,16,19)/b18-9+. The lowest BCUT2D eigenvalue weighted by Gasteiger charge is -2.08. The first-order valence-electron chi connectivity index (χ1n) is 5.09. The lowest BCUT2D eigenvalue weighted by Crippen LogP contribution is -2.23. The number of hydrogen-bond acceptors (Lipinski definition) is 5. The summed E-state index contributed by atoms with van der Waals surface area (Å²) in [5.74, 6) is -1.61. The van der Waals surface area contributed by atoms with Gasteiger partial charge >= 0.3 is 0 Å². The minimum atomic E-state index is -0.583. The highest BCUT2D eigenvalue weighted by atomic mass is 19.1. The molecule has 0 aliphatic carbocycles. The maximum absolute atomic E-state index is 13.1. The highest BCUT2D eigenvalue weighted by Crippen LogP contribution is 2.17. The van der Waals surface area contributed by atoms with Crippen LogP contribution in [0.2, 0.25) is 0 Å². The molecule has 5 N–H and O–H groups in total. The van der Waals surface area contributed by atoms with Crippen LogP contribution in [0.15, 0.2) is 23.3 Å². The quantitative estimate of drug-likeness (QED) is 0.356. The van der Waals surface area contributed by atoms with Crippen molar-refractivity contribution in [3.63, 3.8) is 0 Å². The summed E-state index contributed by atoms with van der Waals surface area (Å²) in [6, 6.07) is 5.05. The van der Waals surface area contributed by atoms with Gasteiger partial charge in [0.15, 0.2) is 5.84 Å². The van der Waals surface area contributed by atoms with Crippen LogP contribution < -0.4 is 16.5 Å². The van der Waals surface area contributed by atoms with E-state index in [-0.39, 0.29) is 17.0 Å². The Bertz CT molecular complexity index is 589. The predicted octanol–water partition coefficient (Wildman–Crippen LogP) is 0.413. The SMILES string of the molecule is CNC(=O)c1cc(F)ccc1N/N=C(\C#N)C(=N)N. The molecule has 1 amide bonds. The molecule has 98 valence electrons. The Labute approximate surface area is 108 Å². The number of amides is 1. The Morgan fingerprint density at radius 3 is 2.79 bits per heavy atom. The topological polar surface area (TPSA) is 127 Å². The molecule has 0 saturated heterocycles. The summed E-state index contributed by atoms with van der Waals surface area (Å²) in [5, 5.41) is 21.7. The van der Waals surface area contributed by atoms with Gasteiger partial charge in [-0.3, -0.25) is 15.6 Å². The molecule has 0 aliphatic heterocycles. The van der Waals surface area contributed by atoms with Crippen molar-refractivity contribution in [2.75, 3.05) is 12.5 Å². The number of carbonyl (C=O) groups excluding carboxylic acids is 1. The zero-order valence-corrected chi connectivity index (χ0v) is 9.99. The minimum Gasteiger partial charge on any atom is -0.382 e. The summed E-state index contributed by atoms with van der Waals surface area (Å²) in [4.78, 5) is 11.5. The minimum absolute atomic E-state index is 0.0205. The van der Waals surface area contributed by atoms with Gasteiger partial charge in [0.1, 0.15) is 11.9 Å². The van der Waals surface area contributed by atoms with E-state index in [4.69, 9.17) is 16.4 Å². The first-order chi connectivity index (χ1) is 8.99. The van der Waals surface area contributed by atoms with Gasteiger partial charge in [0.2, 0.25) is 5.71 Å². The summed E-state index contributed by atoms with van der Waals surface area (Å²) in [7, 11) is 1.40. The van der Waals surface area contributed by atoms with Gasteiger partial charge in [-0.2, -0.15) is 10.4 Å². The predicted molar refractivity (Wildman–Crippen MR) is 68.4 cm³/mol. The van der Waals surface area contributed by atoms with Crippen molar-refractivity contribution in [1.82, 2.24) is 5.32 Å². The second-order valence-corrected chi connectivity index (χ2v) is 3.37. The van der Waals surface area contributed by atoms with Crippen LogP contribution in [0.3, 0.4) is 0 Å². The normalized spacial score (nSPS) is 10.5. The fourth-order valence-corrected chi connectivity index (χ4v) is 1.20. The number of carbonyl (C=O) groups is 1. The molecule has 0 atom stereocenters. The van der Waals surface area contributed by atoms with E-state index in [1.807, 2.05) is 0 Å². The number of halogens is 1. The molecule has 1 aromatic rings. The van der Waals surface area contributed by atoms with Crippen molar-refractivity contribution in [2.24, 2.45) is 10.8 Å². The van der Waals surface area contributed by atoms with E-state index in [1.54, 1.807) is 6.07 Å². The zero-order valence-electron chi connectivity index (χ0n) is 9.99. The second-order valence-electron chi connectivity index (χ2n) is 3.37. The van der Waals surface area contributed by atoms with Gasteiger partial charge in [0.25, 0.3) is 5.91 Å². The van der Waals surface area contributed by atoms with Gasteiger partial charge in [-0.1, -0.05) is 0 Å². The number of hydrogen-bond donors (Lipinski definition) is 4. The molecular weight excluding hydrogens is 251 g/mol. The number of nitrogens with one attached hydrogen (secondary N) is 3. The molecule has 0 aromatic heterocycles. The van der Waals surface area contributed by atoms with E-state index in [1.165, 1.54) is 13.1 Å². The number of benzene rings is 1. The van der Waals surface area contributed by atoms with Crippen LogP contribution in [0.4, 0.5) is 10.1 Å². The van der Waals surface area contributed by atoms with Crippen molar-refractivity contribution in [2.45, 2.75) is 0 Å². The van der Waals surface area contributed by atoms with Crippen LogP contribution >= 0.6 is 0 Å². The van der Waals surface area contributed by atoms with Gasteiger partial charge in [-0.25, -0.2) is 4.39 Å². The highest BCUT2D eigenvalue weighted by molar-refractivity contribution is 6.45. The number of anilines is 1. The van der Waals surface area contributed by atoms with Crippen molar-refractivity contribution in [3.05, 3.63) is 29.6 Å². The lowest BCUT2D eigenvalue weighted by molar-refractivity contribution is 0.0963. The molecule has 19 heavy (non-hydrogen) atoms. The zero-order chi connectivity index (χ0) is 14.4. The average Bonchev–Trinajstić information content (AvgIpc) is 2.39. The Balaban J connectivity index is 3.12. The smallest absolute Gasteiger partial charge is 0.253 e. The van der Waals surface area contributed by atoms with Gasteiger partial charge in [0.05, 0.1) is 11.3 Å². The maximum atomic E-state index is 13.1. The number of hydrazone groups is 1. The van der Waals surface area contributed by atoms with Crippen molar-refractivity contribution < 1.29 is 9.18 Å². The third-order valence-electron chi connectivity index (χ3n) is 2.10. The molecule has 0 aliphatic rings. The highest BCUT2D eigenvalue weighted by Gasteiger charge is 2.11. The van der Waals surface area contributed by atoms with Crippen molar-refractivity contribution >= 4 is 23.1 Å². The van der Waals surface area contributed by atoms with Gasteiger partial charge in [-0.15, -0.1) is 0 Å². The Morgan fingerprint density at radius 1 is 1.58 bits per heavy atom. The van der Waals surface area contributed by atoms with E-state index in [0.717, 1.165) is 12.1 Å². The van der Waals surface area contributed by atoms with E-state index < -0.39 is 17.6 Å². The van der Waals surface area contributed by atoms with Crippen molar-refractivity contribution in [1.29, 1.82) is 10.7 Å². The third kappa shape index (κ3) is 3.50. The Hall–Kier alpha value is -2.95. The third-order valence-corrected chi connectivity index (χ3v) is 2.10. The molecule has 0 spiro atoms. The number of nitrogens with zero attached hydrogens (tertiary/aromatic N) is 2. The molecule has 1 rings (SSSR count). The molecule has 0 fully saturated rings. The molecule has 0 radical (unpaired) electrons. The fourth-order valence-electron chi connectivity index (χ4n) is 1.20. The largest absolute Gasteiger partial charge is 0.382 e. The number of amidine groups is 1. The first-order valence-corrected chi connectivity index (χ1v) is 5.09. The second kappa shape index (κ2) is 6.11. The summed E-state index contributed by atoms with van der Waals surface area (Å²) < 4.78 is 13.1. The summed E-state index contributed by atoms with van der Waals surface area (Å²) in [5.41, 5.74) is 7.38. The van der Waals surface area contributed by atoms with Crippen LogP contribution in [-0.2, 0) is 0 Å². The first kappa shape index (κ1) is 14.1. The number of rotatable bonds is 4. The van der Waals surface area contributed by atoms with Crippen LogP contribution in [-0.4, -0.2) is 24.5 Å². The molecule has 0 bridgehead atoms. The summed E-state index contributed by atoms with van der Waals surface area (Å²) in [6.07, 6.45) is 0. The molecular formula is C11H11FN6O. The van der Waals surface area contributed by atoms with Gasteiger partial charge < -0.3 is 11.1 Å². The van der Waals surface area contributed by atoms with E-state index in [9.17, 15) is 9.18 Å². The Morgan fingerprint density at radius 2 is 2.26 bits per heavy atom. The Kier molecular flexibility index (Phi) is 4.54. The maximum Gasteiger partial charge on any atom is 0.253 e. The van der Waals surface area contributed by atoms with E-state index in [2.05, 4.69) is 15.8 Å². The van der Waals surface area contributed by atoms with Crippen LogP contribution in [0.1, 0.15) is 10.4 Å². The lowest BCUT2D eigenvalue weighted by atomic mass is 10.1. The molecule has 8 heteroatoms. The number of nitrogens with two attached hydrogens (primary N) is 1. The monoisotopic (exact) mass is 262 g/mol. The van der Waals surface area contributed by atoms with E-state index >= 15 is 0 Å². The molecule has 0 unspecified atom stereocenters. The van der Waals surface area contributed by atoms with Crippen LogP contribution in [0.25, 0.3) is 0 Å². The van der Waals surface area contributed by atoms with Crippen LogP contribution in [0, 0.1) is 22.6 Å². The van der Waals surface area contributed by atoms with E-state index in [0.29, 0.717) is 0 Å². The molecule has 0 saturated carbocycles. The summed E-state index contributed by atoms with van der Waals surface area (Å²) in [6.45, 7) is 0. The fraction of sp³-hybridized carbons (Fsp3) is 0.0909. The average molecular weight is 262 g/mol. The van der Waals surface area contributed by atoms with Crippen LogP contribution in [0.5, 0.6) is 0 Å². The van der Waals surface area contributed by atoms with Gasteiger partial charge in [-0.05, 0) is 18.2 Å². The molecule has 7 nitrogen and oxygen atoms in total. The van der Waals surface area contributed by atoms with Crippen molar-refractivity contribution in [3.8, 4) is 6.07 Å². The molecule has 1 aromatic carbocycles.